The summed E-state index contributed by atoms with van der Waals surface area (Å²) in [6.45, 7) is 7.75. The Kier molecular flexibility index (Phi) is 6.89. The third kappa shape index (κ3) is 4.14. The molecule has 4 N–H and O–H groups in total. The Hall–Kier alpha value is -1.73. The molecule has 1 aromatic rings. The second-order valence-electron chi connectivity index (χ2n) is 3.83. The molecule has 7 heteroatoms. The number of methoxy groups -OCH3 is 1. The Bertz CT molecular complexity index is 460. The summed E-state index contributed by atoms with van der Waals surface area (Å²) in [5.41, 5.74) is 6.29. The molecule has 0 aliphatic carbocycles. The highest BCUT2D eigenvalue weighted by Crippen LogP contribution is 2.42. The summed E-state index contributed by atoms with van der Waals surface area (Å²) in [4.78, 5) is 12.4. The second-order valence-corrected chi connectivity index (χ2v) is 4.85. The highest BCUT2D eigenvalue weighted by Gasteiger charge is 2.21. The van der Waals surface area contributed by atoms with Crippen LogP contribution in [0, 0.1) is 0 Å². The first kappa shape index (κ1) is 16.3. The van der Waals surface area contributed by atoms with Gasteiger partial charge in [0.05, 0.1) is 13.7 Å². The van der Waals surface area contributed by atoms with Gasteiger partial charge in [-0.2, -0.15) is 0 Å². The summed E-state index contributed by atoms with van der Waals surface area (Å²) in [6.07, 6.45) is 1.61. The molecule has 0 aliphatic rings. The number of ether oxygens (including phenoxy) is 2. The average Bonchev–Trinajstić information content (AvgIpc) is 2.77. The zero-order valence-corrected chi connectivity index (χ0v) is 12.6. The van der Waals surface area contributed by atoms with Crippen LogP contribution in [-0.2, 0) is 4.74 Å². The molecule has 112 valence electrons. The smallest absolute Gasteiger partial charge is 0.263 e. The standard InChI is InChI=1S/C13H21N3O3S/c1-4-6-15-12(17)11-9(14)10(18-3)13(20-11)16-7-8-19-5-2/h4,16H,1,5-8,14H2,2-3H3,(H,15,17). The van der Waals surface area contributed by atoms with Crippen molar-refractivity contribution in [2.75, 3.05) is 44.5 Å². The van der Waals surface area contributed by atoms with E-state index in [9.17, 15) is 4.79 Å². The molecule has 1 aromatic heterocycles. The van der Waals surface area contributed by atoms with Crippen LogP contribution in [0.25, 0.3) is 0 Å². The minimum atomic E-state index is -0.233. The summed E-state index contributed by atoms with van der Waals surface area (Å²) in [5.74, 6) is 0.263. The second kappa shape index (κ2) is 8.44. The Labute approximate surface area is 122 Å². The minimum absolute atomic E-state index is 0.233. The number of thiophene rings is 1. The van der Waals surface area contributed by atoms with Crippen molar-refractivity contribution in [2.45, 2.75) is 6.92 Å². The lowest BCUT2D eigenvalue weighted by Crippen LogP contribution is -2.23. The van der Waals surface area contributed by atoms with Gasteiger partial charge in [-0.1, -0.05) is 6.08 Å². The predicted octanol–water partition coefficient (Wildman–Crippen LogP) is 1.70. The van der Waals surface area contributed by atoms with Crippen molar-refractivity contribution in [1.82, 2.24) is 5.32 Å². The normalized spacial score (nSPS) is 10.1. The number of hydrogen-bond donors (Lipinski definition) is 3. The molecule has 0 saturated carbocycles. The van der Waals surface area contributed by atoms with Crippen LogP contribution >= 0.6 is 11.3 Å². The fourth-order valence-electron chi connectivity index (χ4n) is 1.54. The summed E-state index contributed by atoms with van der Waals surface area (Å²) in [7, 11) is 1.53. The number of carbonyl (C=O) groups is 1. The van der Waals surface area contributed by atoms with Gasteiger partial charge in [0.25, 0.3) is 5.91 Å². The van der Waals surface area contributed by atoms with Gasteiger partial charge < -0.3 is 25.8 Å². The molecule has 0 unspecified atom stereocenters. The number of hydrogen-bond acceptors (Lipinski definition) is 6. The molecule has 0 bridgehead atoms. The van der Waals surface area contributed by atoms with Gasteiger partial charge in [-0.25, -0.2) is 0 Å². The van der Waals surface area contributed by atoms with Gasteiger partial charge in [0, 0.05) is 19.7 Å². The monoisotopic (exact) mass is 299 g/mol. The molecule has 0 aliphatic heterocycles. The average molecular weight is 299 g/mol. The summed E-state index contributed by atoms with van der Waals surface area (Å²) in [6, 6.07) is 0. The molecule has 0 radical (unpaired) electrons. The van der Waals surface area contributed by atoms with Gasteiger partial charge in [-0.05, 0) is 6.92 Å². The lowest BCUT2D eigenvalue weighted by Gasteiger charge is -2.06. The van der Waals surface area contributed by atoms with E-state index in [-0.39, 0.29) is 5.91 Å². The molecule has 1 rings (SSSR count). The SMILES string of the molecule is C=CCNC(=O)c1sc(NCCOCC)c(OC)c1N. The number of anilines is 2. The highest BCUT2D eigenvalue weighted by molar-refractivity contribution is 7.19. The maximum atomic E-state index is 11.9. The van der Waals surface area contributed by atoms with Gasteiger partial charge >= 0.3 is 0 Å². The van der Waals surface area contributed by atoms with Gasteiger partial charge in [0.2, 0.25) is 0 Å². The maximum absolute atomic E-state index is 11.9. The van der Waals surface area contributed by atoms with E-state index in [4.69, 9.17) is 15.2 Å². The topological polar surface area (TPSA) is 85.6 Å². The van der Waals surface area contributed by atoms with E-state index >= 15 is 0 Å². The molecule has 0 spiro atoms. The summed E-state index contributed by atoms with van der Waals surface area (Å²) in [5, 5.41) is 6.59. The van der Waals surface area contributed by atoms with Crippen molar-refractivity contribution < 1.29 is 14.3 Å². The maximum Gasteiger partial charge on any atom is 0.263 e. The molecule has 0 aromatic carbocycles. The number of nitrogens with one attached hydrogen (secondary N) is 2. The molecule has 1 heterocycles. The van der Waals surface area contributed by atoms with Crippen LogP contribution in [0.4, 0.5) is 10.7 Å². The zero-order valence-electron chi connectivity index (χ0n) is 11.8. The predicted molar refractivity (Wildman–Crippen MR) is 82.8 cm³/mol. The van der Waals surface area contributed by atoms with Gasteiger partial charge in [0.1, 0.15) is 15.6 Å². The lowest BCUT2D eigenvalue weighted by molar-refractivity contribution is 0.0962. The quantitative estimate of drug-likeness (QED) is 0.477. The molecule has 0 atom stereocenters. The van der Waals surface area contributed by atoms with Crippen molar-refractivity contribution in [3.63, 3.8) is 0 Å². The van der Waals surface area contributed by atoms with E-state index in [1.165, 1.54) is 18.4 Å². The molecule has 1 amide bonds. The van der Waals surface area contributed by atoms with Crippen LogP contribution in [0.3, 0.4) is 0 Å². The largest absolute Gasteiger partial charge is 0.492 e. The first-order valence-corrected chi connectivity index (χ1v) is 7.14. The van der Waals surface area contributed by atoms with Crippen molar-refractivity contribution >= 4 is 27.9 Å². The molecule has 0 fully saturated rings. The van der Waals surface area contributed by atoms with Crippen LogP contribution in [0.2, 0.25) is 0 Å². The summed E-state index contributed by atoms with van der Waals surface area (Å²) >= 11 is 1.26. The van der Waals surface area contributed by atoms with Crippen LogP contribution in [-0.4, -0.2) is 39.3 Å². The Morgan fingerprint density at radius 3 is 2.90 bits per heavy atom. The molecular formula is C13H21N3O3S. The van der Waals surface area contributed by atoms with Gasteiger partial charge in [0.15, 0.2) is 5.75 Å². The molecule has 0 saturated heterocycles. The van der Waals surface area contributed by atoms with Gasteiger partial charge in [-0.15, -0.1) is 17.9 Å². The lowest BCUT2D eigenvalue weighted by atomic mass is 10.3. The molecule has 6 nitrogen and oxygen atoms in total. The number of amides is 1. The van der Waals surface area contributed by atoms with Crippen molar-refractivity contribution in [3.8, 4) is 5.75 Å². The van der Waals surface area contributed by atoms with E-state index < -0.39 is 0 Å². The Balaban J connectivity index is 2.79. The van der Waals surface area contributed by atoms with Crippen LogP contribution in [0.15, 0.2) is 12.7 Å². The van der Waals surface area contributed by atoms with Crippen LogP contribution in [0.5, 0.6) is 5.75 Å². The highest BCUT2D eigenvalue weighted by atomic mass is 32.1. The third-order valence-corrected chi connectivity index (χ3v) is 3.60. The fourth-order valence-corrected chi connectivity index (χ4v) is 2.57. The van der Waals surface area contributed by atoms with Crippen LogP contribution in [0.1, 0.15) is 16.6 Å². The van der Waals surface area contributed by atoms with Crippen molar-refractivity contribution in [2.24, 2.45) is 0 Å². The molecular weight excluding hydrogens is 278 g/mol. The van der Waals surface area contributed by atoms with E-state index in [0.29, 0.717) is 42.6 Å². The van der Waals surface area contributed by atoms with E-state index in [0.717, 1.165) is 5.00 Å². The van der Waals surface area contributed by atoms with E-state index in [1.54, 1.807) is 6.08 Å². The van der Waals surface area contributed by atoms with E-state index in [2.05, 4.69) is 17.2 Å². The summed E-state index contributed by atoms with van der Waals surface area (Å²) < 4.78 is 10.5. The fraction of sp³-hybridized carbons (Fsp3) is 0.462. The van der Waals surface area contributed by atoms with Gasteiger partial charge in [-0.3, -0.25) is 4.79 Å². The number of nitrogen functional groups attached to an aromatic ring is 1. The first-order chi connectivity index (χ1) is 9.65. The molecule has 20 heavy (non-hydrogen) atoms. The van der Waals surface area contributed by atoms with E-state index in [1.807, 2.05) is 6.92 Å². The minimum Gasteiger partial charge on any atom is -0.492 e. The zero-order chi connectivity index (χ0) is 15.0. The first-order valence-electron chi connectivity index (χ1n) is 6.32. The van der Waals surface area contributed by atoms with Crippen LogP contribution < -0.4 is 21.1 Å². The number of carbonyl (C=O) groups excluding carboxylic acids is 1. The number of rotatable bonds is 9. The van der Waals surface area contributed by atoms with Crippen molar-refractivity contribution in [1.29, 1.82) is 0 Å². The number of nitrogens with two attached hydrogens (primary N) is 1. The third-order valence-electron chi connectivity index (χ3n) is 2.45. The Morgan fingerprint density at radius 2 is 2.30 bits per heavy atom. The Morgan fingerprint density at radius 1 is 1.55 bits per heavy atom. The van der Waals surface area contributed by atoms with Crippen molar-refractivity contribution in [3.05, 3.63) is 17.5 Å².